The SMILES string of the molecule is c1ccc(OCCOCCSc2ccnc(CSc3nc4ccccc4[nH]3)c2)cc1. The molecule has 30 heavy (non-hydrogen) atoms. The molecule has 2 heterocycles. The van der Waals surface area contributed by atoms with Crippen molar-refractivity contribution in [1.29, 1.82) is 0 Å². The van der Waals surface area contributed by atoms with Crippen molar-refractivity contribution in [2.24, 2.45) is 0 Å². The molecular formula is C23H23N3O2S2. The van der Waals surface area contributed by atoms with Crippen molar-refractivity contribution in [3.8, 4) is 5.75 Å². The topological polar surface area (TPSA) is 60.0 Å². The third kappa shape index (κ3) is 6.26. The zero-order chi connectivity index (χ0) is 20.4. The largest absolute Gasteiger partial charge is 0.491 e. The summed E-state index contributed by atoms with van der Waals surface area (Å²) >= 11 is 3.44. The van der Waals surface area contributed by atoms with E-state index in [9.17, 15) is 0 Å². The average Bonchev–Trinajstić information content (AvgIpc) is 3.21. The predicted molar refractivity (Wildman–Crippen MR) is 123 cm³/mol. The molecule has 4 aromatic rings. The van der Waals surface area contributed by atoms with Gasteiger partial charge in [0.25, 0.3) is 0 Å². The van der Waals surface area contributed by atoms with Crippen LogP contribution in [0.15, 0.2) is 83.0 Å². The number of pyridine rings is 1. The van der Waals surface area contributed by atoms with Gasteiger partial charge in [-0.05, 0) is 36.4 Å². The second-order valence-electron chi connectivity index (χ2n) is 6.45. The lowest BCUT2D eigenvalue weighted by Gasteiger charge is -2.07. The lowest BCUT2D eigenvalue weighted by molar-refractivity contribution is 0.112. The molecular weight excluding hydrogens is 414 g/mol. The highest BCUT2D eigenvalue weighted by Gasteiger charge is 2.05. The molecule has 0 unspecified atom stereocenters. The summed E-state index contributed by atoms with van der Waals surface area (Å²) in [5.41, 5.74) is 3.10. The van der Waals surface area contributed by atoms with E-state index < -0.39 is 0 Å². The summed E-state index contributed by atoms with van der Waals surface area (Å²) in [6.07, 6.45) is 1.87. The number of hydrogen-bond acceptors (Lipinski definition) is 6. The first-order valence-electron chi connectivity index (χ1n) is 9.78. The van der Waals surface area contributed by atoms with E-state index in [0.717, 1.165) is 39.1 Å². The number of rotatable bonds is 11. The molecule has 5 nitrogen and oxygen atoms in total. The molecule has 0 bridgehead atoms. The van der Waals surface area contributed by atoms with Gasteiger partial charge in [-0.25, -0.2) is 4.98 Å². The van der Waals surface area contributed by atoms with E-state index in [2.05, 4.69) is 21.0 Å². The maximum absolute atomic E-state index is 5.66. The van der Waals surface area contributed by atoms with Crippen molar-refractivity contribution in [2.45, 2.75) is 15.8 Å². The molecule has 0 aliphatic rings. The van der Waals surface area contributed by atoms with Crippen LogP contribution in [0.1, 0.15) is 5.69 Å². The molecule has 4 rings (SSSR count). The summed E-state index contributed by atoms with van der Waals surface area (Å²) in [5, 5.41) is 0.919. The number of nitrogens with one attached hydrogen (secondary N) is 1. The Bertz CT molecular complexity index is 1020. The molecule has 0 saturated heterocycles. The number of ether oxygens (including phenoxy) is 2. The monoisotopic (exact) mass is 437 g/mol. The third-order valence-corrected chi connectivity index (χ3v) is 6.11. The van der Waals surface area contributed by atoms with E-state index in [-0.39, 0.29) is 0 Å². The number of imidazole rings is 1. The number of para-hydroxylation sites is 3. The molecule has 2 aromatic carbocycles. The van der Waals surface area contributed by atoms with Gasteiger partial charge in [-0.1, -0.05) is 42.1 Å². The quantitative estimate of drug-likeness (QED) is 0.249. The van der Waals surface area contributed by atoms with Gasteiger partial charge in [-0.3, -0.25) is 4.98 Å². The van der Waals surface area contributed by atoms with Crippen LogP contribution < -0.4 is 4.74 Å². The van der Waals surface area contributed by atoms with Crippen LogP contribution in [0, 0.1) is 0 Å². The third-order valence-electron chi connectivity index (χ3n) is 4.25. The van der Waals surface area contributed by atoms with E-state index in [4.69, 9.17) is 9.47 Å². The van der Waals surface area contributed by atoms with E-state index in [1.165, 1.54) is 4.90 Å². The maximum atomic E-state index is 5.66. The van der Waals surface area contributed by atoms with Gasteiger partial charge in [-0.15, -0.1) is 11.8 Å². The highest BCUT2D eigenvalue weighted by atomic mass is 32.2. The van der Waals surface area contributed by atoms with Crippen molar-refractivity contribution in [3.63, 3.8) is 0 Å². The molecule has 1 N–H and O–H groups in total. The van der Waals surface area contributed by atoms with Gasteiger partial charge in [0, 0.05) is 22.6 Å². The predicted octanol–water partition coefficient (Wildman–Crippen LogP) is 5.44. The molecule has 0 saturated carbocycles. The van der Waals surface area contributed by atoms with Gasteiger partial charge in [0.1, 0.15) is 12.4 Å². The normalized spacial score (nSPS) is 11.1. The Kier molecular flexibility index (Phi) is 7.66. The lowest BCUT2D eigenvalue weighted by Crippen LogP contribution is -2.08. The van der Waals surface area contributed by atoms with Gasteiger partial charge in [-0.2, -0.15) is 0 Å². The van der Waals surface area contributed by atoms with Gasteiger partial charge >= 0.3 is 0 Å². The van der Waals surface area contributed by atoms with Crippen molar-refractivity contribution in [3.05, 3.63) is 78.6 Å². The summed E-state index contributed by atoms with van der Waals surface area (Å²) in [6, 6.07) is 22.0. The Labute approximate surface area is 184 Å². The number of aromatic amines is 1. The van der Waals surface area contributed by atoms with E-state index >= 15 is 0 Å². The van der Waals surface area contributed by atoms with Crippen molar-refractivity contribution >= 4 is 34.6 Å². The minimum Gasteiger partial charge on any atom is -0.491 e. The first kappa shape index (κ1) is 20.8. The van der Waals surface area contributed by atoms with E-state index in [1.54, 1.807) is 23.5 Å². The molecule has 0 aliphatic heterocycles. The second kappa shape index (κ2) is 11.1. The van der Waals surface area contributed by atoms with Crippen molar-refractivity contribution in [1.82, 2.24) is 15.0 Å². The van der Waals surface area contributed by atoms with E-state index in [1.807, 2.05) is 66.9 Å². The lowest BCUT2D eigenvalue weighted by atomic mass is 10.3. The van der Waals surface area contributed by atoms with Gasteiger partial charge < -0.3 is 14.5 Å². The number of H-pyrrole nitrogens is 1. The number of benzene rings is 2. The highest BCUT2D eigenvalue weighted by Crippen LogP contribution is 2.24. The van der Waals surface area contributed by atoms with Crippen LogP contribution in [0.25, 0.3) is 11.0 Å². The number of thioether (sulfide) groups is 2. The number of fused-ring (bicyclic) bond motifs is 1. The fraction of sp³-hybridized carbons (Fsp3) is 0.217. The van der Waals surface area contributed by atoms with Crippen LogP contribution in [0.2, 0.25) is 0 Å². The fourth-order valence-electron chi connectivity index (χ4n) is 2.82. The van der Waals surface area contributed by atoms with Crippen LogP contribution in [-0.4, -0.2) is 40.5 Å². The summed E-state index contributed by atoms with van der Waals surface area (Å²) in [4.78, 5) is 13.6. The number of nitrogens with zero attached hydrogens (tertiary/aromatic N) is 2. The Morgan fingerprint density at radius 3 is 2.63 bits per heavy atom. The van der Waals surface area contributed by atoms with Crippen LogP contribution in [0.5, 0.6) is 5.75 Å². The molecule has 0 amide bonds. The summed E-state index contributed by atoms with van der Waals surface area (Å²) in [5.74, 6) is 2.55. The van der Waals surface area contributed by atoms with Crippen LogP contribution in [-0.2, 0) is 10.5 Å². The molecule has 0 fully saturated rings. The first-order chi connectivity index (χ1) is 14.9. The van der Waals surface area contributed by atoms with Crippen LogP contribution in [0.3, 0.4) is 0 Å². The van der Waals surface area contributed by atoms with Crippen molar-refractivity contribution in [2.75, 3.05) is 25.6 Å². The summed E-state index contributed by atoms with van der Waals surface area (Å²) in [7, 11) is 0. The molecule has 0 radical (unpaired) electrons. The maximum Gasteiger partial charge on any atom is 0.166 e. The zero-order valence-electron chi connectivity index (χ0n) is 16.5. The summed E-state index contributed by atoms with van der Waals surface area (Å²) in [6.45, 7) is 1.84. The Morgan fingerprint density at radius 2 is 1.73 bits per heavy atom. The minimum atomic E-state index is 0.563. The van der Waals surface area contributed by atoms with Crippen LogP contribution in [0.4, 0.5) is 0 Å². The Hall–Kier alpha value is -2.48. The first-order valence-corrected chi connectivity index (χ1v) is 11.7. The second-order valence-corrected chi connectivity index (χ2v) is 8.59. The Balaban J connectivity index is 1.15. The minimum absolute atomic E-state index is 0.563. The Morgan fingerprint density at radius 1 is 0.867 bits per heavy atom. The molecule has 7 heteroatoms. The molecule has 0 aliphatic carbocycles. The highest BCUT2D eigenvalue weighted by molar-refractivity contribution is 7.99. The smallest absolute Gasteiger partial charge is 0.166 e. The molecule has 0 spiro atoms. The number of aromatic nitrogens is 3. The molecule has 154 valence electrons. The van der Waals surface area contributed by atoms with Crippen molar-refractivity contribution < 1.29 is 9.47 Å². The fourth-order valence-corrected chi connectivity index (χ4v) is 4.42. The standard InChI is InChI=1S/C23H23N3O2S2/c1-2-6-19(7-3-1)28-13-12-27-14-15-29-20-10-11-24-18(16-20)17-30-23-25-21-8-4-5-9-22(21)26-23/h1-11,16H,12-15,17H2,(H,25,26). The molecule has 0 atom stereocenters. The number of hydrogen-bond donors (Lipinski definition) is 1. The van der Waals surface area contributed by atoms with Gasteiger partial charge in [0.15, 0.2) is 5.16 Å². The molecule has 2 aromatic heterocycles. The van der Waals surface area contributed by atoms with Gasteiger partial charge in [0.2, 0.25) is 0 Å². The zero-order valence-corrected chi connectivity index (χ0v) is 18.1. The van der Waals surface area contributed by atoms with Gasteiger partial charge in [0.05, 0.1) is 29.9 Å². The van der Waals surface area contributed by atoms with Crippen LogP contribution >= 0.6 is 23.5 Å². The summed E-state index contributed by atoms with van der Waals surface area (Å²) < 4.78 is 11.3. The van der Waals surface area contributed by atoms with E-state index in [0.29, 0.717) is 19.8 Å². The average molecular weight is 438 g/mol.